The van der Waals surface area contributed by atoms with Gasteiger partial charge in [0, 0.05) is 18.5 Å². The number of amides is 1. The maximum atomic E-state index is 12.1. The van der Waals surface area contributed by atoms with E-state index in [1.165, 1.54) is 16.7 Å². The Kier molecular flexibility index (Phi) is 2.74. The van der Waals surface area contributed by atoms with Crippen LogP contribution in [-0.2, 0) is 26.0 Å². The second kappa shape index (κ2) is 4.35. The number of fused-ring (bicyclic) bond motifs is 2. The highest BCUT2D eigenvalue weighted by Gasteiger charge is 2.53. The van der Waals surface area contributed by atoms with Crippen molar-refractivity contribution < 1.29 is 23.1 Å². The van der Waals surface area contributed by atoms with Crippen LogP contribution in [0.2, 0.25) is 0 Å². The van der Waals surface area contributed by atoms with E-state index in [1.807, 2.05) is 0 Å². The highest BCUT2D eigenvalue weighted by molar-refractivity contribution is 8.00. The average Bonchev–Trinajstić information content (AvgIpc) is 3.10. The number of carboxylic acids is 1. The van der Waals surface area contributed by atoms with E-state index in [1.54, 1.807) is 16.8 Å². The van der Waals surface area contributed by atoms with Gasteiger partial charge in [-0.15, -0.1) is 11.8 Å². The Balaban J connectivity index is 1.64. The first-order valence-corrected chi connectivity index (χ1v) is 9.27. The highest BCUT2D eigenvalue weighted by atomic mass is 32.2. The standard InChI is InChI=1S/C12H11N3O5S2/c16-9-7(10-15(9)8(5-21-10)11(17)18)3-6-4-14-1-2-22(19,20)12(14)13-6/h3-4,8,10H,1-2,5H2,(H,17,18)/b7-3-/t8?,10-/m1/s1. The lowest BCUT2D eigenvalue weighted by Crippen LogP contribution is -2.56. The molecule has 0 spiro atoms. The molecule has 8 nitrogen and oxygen atoms in total. The molecule has 1 N–H and O–H groups in total. The first-order chi connectivity index (χ1) is 10.4. The van der Waals surface area contributed by atoms with Gasteiger partial charge < -0.3 is 14.6 Å². The van der Waals surface area contributed by atoms with Gasteiger partial charge in [0.15, 0.2) is 0 Å². The lowest BCUT2D eigenvalue weighted by Gasteiger charge is -2.38. The molecule has 1 amide bonds. The molecule has 10 heteroatoms. The summed E-state index contributed by atoms with van der Waals surface area (Å²) >= 11 is 1.39. The second-order valence-electron chi connectivity index (χ2n) is 5.31. The number of β-lactam (4-membered cyclic amide) rings is 1. The van der Waals surface area contributed by atoms with Crippen LogP contribution in [0.3, 0.4) is 0 Å². The van der Waals surface area contributed by atoms with Crippen LogP contribution >= 0.6 is 11.8 Å². The Morgan fingerprint density at radius 1 is 1.50 bits per heavy atom. The zero-order valence-electron chi connectivity index (χ0n) is 11.2. The van der Waals surface area contributed by atoms with E-state index in [9.17, 15) is 18.0 Å². The van der Waals surface area contributed by atoms with Gasteiger partial charge in [-0.25, -0.2) is 18.2 Å². The van der Waals surface area contributed by atoms with Gasteiger partial charge in [0.05, 0.1) is 17.0 Å². The van der Waals surface area contributed by atoms with Gasteiger partial charge in [-0.1, -0.05) is 0 Å². The van der Waals surface area contributed by atoms with Gasteiger partial charge in [-0.2, -0.15) is 0 Å². The van der Waals surface area contributed by atoms with E-state index in [-0.39, 0.29) is 22.2 Å². The molecule has 116 valence electrons. The number of nitrogens with zero attached hydrogens (tertiary/aromatic N) is 3. The van der Waals surface area contributed by atoms with Crippen molar-refractivity contribution in [2.45, 2.75) is 23.1 Å². The van der Waals surface area contributed by atoms with Gasteiger partial charge in [0.1, 0.15) is 11.4 Å². The highest BCUT2D eigenvalue weighted by Crippen LogP contribution is 2.43. The van der Waals surface area contributed by atoms with Crippen molar-refractivity contribution >= 4 is 39.6 Å². The fourth-order valence-electron chi connectivity index (χ4n) is 2.87. The van der Waals surface area contributed by atoms with Crippen LogP contribution in [0.25, 0.3) is 6.08 Å². The van der Waals surface area contributed by atoms with E-state index in [4.69, 9.17) is 5.11 Å². The zero-order chi connectivity index (χ0) is 15.6. The fraction of sp³-hybridized carbons (Fsp3) is 0.417. The smallest absolute Gasteiger partial charge is 0.327 e. The molecule has 2 saturated heterocycles. The number of aromatic nitrogens is 2. The molecule has 1 unspecified atom stereocenters. The summed E-state index contributed by atoms with van der Waals surface area (Å²) in [6.45, 7) is 0.368. The third-order valence-electron chi connectivity index (χ3n) is 3.97. The quantitative estimate of drug-likeness (QED) is 0.566. The van der Waals surface area contributed by atoms with Crippen molar-refractivity contribution in [2.75, 3.05) is 11.5 Å². The van der Waals surface area contributed by atoms with Gasteiger partial charge >= 0.3 is 5.97 Å². The van der Waals surface area contributed by atoms with Gasteiger partial charge in [0.2, 0.25) is 15.0 Å². The first kappa shape index (κ1) is 13.8. The second-order valence-corrected chi connectivity index (χ2v) is 8.43. The minimum atomic E-state index is -3.32. The number of hydrogen-bond acceptors (Lipinski definition) is 6. The Morgan fingerprint density at radius 3 is 2.95 bits per heavy atom. The Bertz CT molecular complexity index is 841. The maximum Gasteiger partial charge on any atom is 0.327 e. The zero-order valence-corrected chi connectivity index (χ0v) is 12.8. The molecular formula is C12H11N3O5S2. The molecule has 0 radical (unpaired) electrons. The summed E-state index contributed by atoms with van der Waals surface area (Å²) in [6.07, 6.45) is 3.17. The van der Waals surface area contributed by atoms with Crippen LogP contribution in [0.15, 0.2) is 16.9 Å². The van der Waals surface area contributed by atoms with Gasteiger partial charge in [-0.05, 0) is 6.08 Å². The number of thioether (sulfide) groups is 1. The van der Waals surface area contributed by atoms with Crippen molar-refractivity contribution in [2.24, 2.45) is 0 Å². The number of carbonyl (C=O) groups excluding carboxylic acids is 1. The number of hydrogen-bond donors (Lipinski definition) is 1. The topological polar surface area (TPSA) is 110 Å². The van der Waals surface area contributed by atoms with E-state index < -0.39 is 21.8 Å². The number of carboxylic acid groups (broad SMARTS) is 1. The summed E-state index contributed by atoms with van der Waals surface area (Å²) in [7, 11) is -3.32. The van der Waals surface area contributed by atoms with Crippen LogP contribution in [-0.4, -0.2) is 62.8 Å². The Labute approximate surface area is 129 Å². The molecule has 4 heterocycles. The molecule has 0 saturated carbocycles. The molecule has 1 aromatic rings. The number of imidazole rings is 1. The number of carbonyl (C=O) groups is 2. The summed E-state index contributed by atoms with van der Waals surface area (Å²) in [5, 5.41) is 8.81. The maximum absolute atomic E-state index is 12.1. The molecule has 4 rings (SSSR count). The van der Waals surface area contributed by atoms with E-state index >= 15 is 0 Å². The van der Waals surface area contributed by atoms with E-state index in [2.05, 4.69) is 4.98 Å². The summed E-state index contributed by atoms with van der Waals surface area (Å²) in [5.41, 5.74) is 0.892. The molecule has 22 heavy (non-hydrogen) atoms. The molecule has 1 aromatic heterocycles. The normalized spacial score (nSPS) is 30.3. The predicted molar refractivity (Wildman–Crippen MR) is 76.8 cm³/mol. The lowest BCUT2D eigenvalue weighted by atomic mass is 10.0. The monoisotopic (exact) mass is 341 g/mol. The van der Waals surface area contributed by atoms with Crippen molar-refractivity contribution in [3.8, 4) is 0 Å². The van der Waals surface area contributed by atoms with Crippen molar-refractivity contribution in [3.05, 3.63) is 17.5 Å². The summed E-state index contributed by atoms with van der Waals surface area (Å²) < 4.78 is 25.1. The number of rotatable bonds is 2. The SMILES string of the molecule is O=C(O)C1CS[C@@H]2/C(=C\c3cn4c(n3)S(=O)(=O)CC4)C(=O)N12. The summed E-state index contributed by atoms with van der Waals surface area (Å²) in [5.74, 6) is -0.915. The van der Waals surface area contributed by atoms with Gasteiger partial charge in [0.25, 0.3) is 5.91 Å². The first-order valence-electron chi connectivity index (χ1n) is 6.57. The molecule has 0 bridgehead atoms. The number of aryl methyl sites for hydroxylation is 1. The molecule has 2 atom stereocenters. The van der Waals surface area contributed by atoms with Crippen molar-refractivity contribution in [3.63, 3.8) is 0 Å². The predicted octanol–water partition coefficient (Wildman–Crippen LogP) is -0.578. The minimum absolute atomic E-state index is 0.0328. The molecule has 3 aliphatic rings. The van der Waals surface area contributed by atoms with Gasteiger partial charge in [-0.3, -0.25) is 4.79 Å². The average molecular weight is 341 g/mol. The van der Waals surface area contributed by atoms with Crippen LogP contribution in [0.1, 0.15) is 5.69 Å². The van der Waals surface area contributed by atoms with Crippen LogP contribution in [0, 0.1) is 0 Å². The molecule has 3 aliphatic heterocycles. The Hall–Kier alpha value is -1.81. The van der Waals surface area contributed by atoms with Crippen molar-refractivity contribution in [1.82, 2.24) is 14.5 Å². The van der Waals surface area contributed by atoms with Crippen LogP contribution < -0.4 is 0 Å². The summed E-state index contributed by atoms with van der Waals surface area (Å²) in [4.78, 5) is 28.6. The van der Waals surface area contributed by atoms with Crippen LogP contribution in [0.4, 0.5) is 0 Å². The van der Waals surface area contributed by atoms with Crippen LogP contribution in [0.5, 0.6) is 0 Å². The summed E-state index contributed by atoms with van der Waals surface area (Å²) in [6, 6.07) is -0.785. The van der Waals surface area contributed by atoms with Crippen molar-refractivity contribution in [1.29, 1.82) is 0 Å². The number of sulfone groups is 1. The third kappa shape index (κ3) is 1.76. The van der Waals surface area contributed by atoms with E-state index in [0.29, 0.717) is 23.6 Å². The molecule has 0 aliphatic carbocycles. The molecular weight excluding hydrogens is 330 g/mol. The molecule has 2 fully saturated rings. The Morgan fingerprint density at radius 2 is 2.27 bits per heavy atom. The molecule has 0 aromatic carbocycles. The number of aliphatic carboxylic acids is 1. The third-order valence-corrected chi connectivity index (χ3v) is 6.88. The largest absolute Gasteiger partial charge is 0.480 e. The fourth-order valence-corrected chi connectivity index (χ4v) is 5.66. The lowest BCUT2D eigenvalue weighted by molar-refractivity contribution is -0.150. The van der Waals surface area contributed by atoms with E-state index in [0.717, 1.165) is 0 Å². The minimum Gasteiger partial charge on any atom is -0.480 e.